The molecular weight excluding hydrogens is 371 g/mol. The maximum Gasteiger partial charge on any atom is 0.320 e. The van der Waals surface area contributed by atoms with Crippen molar-refractivity contribution in [2.24, 2.45) is 0 Å². The summed E-state index contributed by atoms with van der Waals surface area (Å²) in [6.07, 6.45) is 0. The number of hydrogen-bond acceptors (Lipinski definition) is 6. The summed E-state index contributed by atoms with van der Waals surface area (Å²) in [5, 5.41) is 0. The van der Waals surface area contributed by atoms with Crippen molar-refractivity contribution in [2.45, 2.75) is 11.8 Å². The highest BCUT2D eigenvalue weighted by atomic mass is 35.5. The Balaban J connectivity index is 1.99. The monoisotopic (exact) mass is 386 g/mol. The van der Waals surface area contributed by atoms with Gasteiger partial charge in [0.1, 0.15) is 9.23 Å². The van der Waals surface area contributed by atoms with Gasteiger partial charge in [0.15, 0.2) is 0 Å². The lowest BCUT2D eigenvalue weighted by atomic mass is 10.3. The topological polar surface area (TPSA) is 66.9 Å². The van der Waals surface area contributed by atoms with Crippen LogP contribution in [0, 0.1) is 0 Å². The number of piperazine rings is 1. The van der Waals surface area contributed by atoms with Crippen LogP contribution < -0.4 is 0 Å². The van der Waals surface area contributed by atoms with Gasteiger partial charge in [-0.05, 0) is 13.0 Å². The highest BCUT2D eigenvalue weighted by Gasteiger charge is 2.31. The van der Waals surface area contributed by atoms with E-state index in [4.69, 9.17) is 27.9 Å². The number of carbonyl (C=O) groups is 1. The number of nitrogens with zero attached hydrogens (tertiary/aromatic N) is 2. The summed E-state index contributed by atoms with van der Waals surface area (Å²) in [4.78, 5) is 13.3. The molecule has 6 nitrogen and oxygen atoms in total. The van der Waals surface area contributed by atoms with Gasteiger partial charge in [-0.15, -0.1) is 11.3 Å². The lowest BCUT2D eigenvalue weighted by molar-refractivity contribution is -0.144. The van der Waals surface area contributed by atoms with Crippen LogP contribution in [-0.4, -0.2) is 62.9 Å². The van der Waals surface area contributed by atoms with E-state index in [1.54, 1.807) is 6.92 Å². The average molecular weight is 387 g/mol. The van der Waals surface area contributed by atoms with Gasteiger partial charge in [0.25, 0.3) is 0 Å². The maximum atomic E-state index is 12.5. The van der Waals surface area contributed by atoms with Gasteiger partial charge in [0.05, 0.1) is 17.5 Å². The highest BCUT2D eigenvalue weighted by molar-refractivity contribution is 7.89. The number of carbonyl (C=O) groups excluding carboxylic acids is 1. The van der Waals surface area contributed by atoms with Crippen LogP contribution in [0.5, 0.6) is 0 Å². The summed E-state index contributed by atoms with van der Waals surface area (Å²) in [5.41, 5.74) is 0. The van der Waals surface area contributed by atoms with Crippen molar-refractivity contribution in [3.8, 4) is 0 Å². The summed E-state index contributed by atoms with van der Waals surface area (Å²) in [5.74, 6) is -0.300. The minimum Gasteiger partial charge on any atom is -0.465 e. The van der Waals surface area contributed by atoms with E-state index in [-0.39, 0.29) is 21.7 Å². The number of hydrogen-bond donors (Lipinski definition) is 0. The molecular formula is C12H16Cl2N2O4S2. The zero-order valence-corrected chi connectivity index (χ0v) is 15.1. The van der Waals surface area contributed by atoms with Gasteiger partial charge in [-0.3, -0.25) is 9.69 Å². The van der Waals surface area contributed by atoms with E-state index in [0.29, 0.717) is 37.1 Å². The molecule has 0 bridgehead atoms. The Hall–Kier alpha value is -0.380. The molecule has 0 unspecified atom stereocenters. The number of thiophene rings is 1. The zero-order chi connectivity index (χ0) is 16.3. The molecule has 2 rings (SSSR count). The fraction of sp³-hybridized carbons (Fsp3) is 0.583. The van der Waals surface area contributed by atoms with Crippen molar-refractivity contribution in [1.29, 1.82) is 0 Å². The van der Waals surface area contributed by atoms with Gasteiger partial charge < -0.3 is 4.74 Å². The first-order valence-electron chi connectivity index (χ1n) is 6.67. The molecule has 1 aliphatic rings. The first-order chi connectivity index (χ1) is 10.3. The molecule has 1 fully saturated rings. The molecule has 124 valence electrons. The summed E-state index contributed by atoms with van der Waals surface area (Å²) >= 11 is 12.8. The first kappa shape index (κ1) is 18.0. The Bertz CT molecular complexity index is 640. The van der Waals surface area contributed by atoms with Crippen molar-refractivity contribution >= 4 is 50.5 Å². The number of ether oxygens (including phenoxy) is 1. The number of halogens is 2. The van der Waals surface area contributed by atoms with Gasteiger partial charge in [-0.1, -0.05) is 23.2 Å². The quantitative estimate of drug-likeness (QED) is 0.723. The summed E-state index contributed by atoms with van der Waals surface area (Å²) in [6.45, 7) is 3.79. The second kappa shape index (κ2) is 7.46. The van der Waals surface area contributed by atoms with Crippen molar-refractivity contribution in [2.75, 3.05) is 39.3 Å². The van der Waals surface area contributed by atoms with E-state index in [9.17, 15) is 13.2 Å². The van der Waals surface area contributed by atoms with Crippen LogP contribution in [0.15, 0.2) is 11.0 Å². The standard InChI is InChI=1S/C12H16Cl2N2O4S2/c1-2-20-11(17)8-15-3-5-16(6-4-15)22(18,19)9-7-10(13)21-12(9)14/h7H,2-6,8H2,1H3. The van der Waals surface area contributed by atoms with Crippen LogP contribution in [0.4, 0.5) is 0 Å². The minimum atomic E-state index is -3.65. The number of rotatable bonds is 5. The Morgan fingerprint density at radius 1 is 1.32 bits per heavy atom. The third kappa shape index (κ3) is 4.12. The third-order valence-corrected chi connectivity index (χ3v) is 6.88. The van der Waals surface area contributed by atoms with Crippen molar-refractivity contribution in [3.63, 3.8) is 0 Å². The summed E-state index contributed by atoms with van der Waals surface area (Å²) in [7, 11) is -3.65. The first-order valence-corrected chi connectivity index (χ1v) is 9.68. The second-order valence-corrected chi connectivity index (χ2v) is 8.87. The van der Waals surface area contributed by atoms with Crippen LogP contribution in [0.2, 0.25) is 8.67 Å². The molecule has 0 saturated carbocycles. The second-order valence-electron chi connectivity index (χ2n) is 4.67. The number of esters is 1. The molecule has 10 heteroatoms. The van der Waals surface area contributed by atoms with Crippen LogP contribution in [-0.2, 0) is 19.6 Å². The molecule has 0 N–H and O–H groups in total. The van der Waals surface area contributed by atoms with Gasteiger partial charge >= 0.3 is 5.97 Å². The SMILES string of the molecule is CCOC(=O)CN1CCN(S(=O)(=O)c2cc(Cl)sc2Cl)CC1. The molecule has 1 saturated heterocycles. The molecule has 0 aromatic carbocycles. The molecule has 0 spiro atoms. The van der Waals surface area contributed by atoms with Gasteiger partial charge in [0, 0.05) is 26.2 Å². The molecule has 22 heavy (non-hydrogen) atoms. The van der Waals surface area contributed by atoms with E-state index in [0.717, 1.165) is 11.3 Å². The molecule has 1 aromatic heterocycles. The largest absolute Gasteiger partial charge is 0.465 e. The van der Waals surface area contributed by atoms with Crippen molar-refractivity contribution in [3.05, 3.63) is 14.7 Å². The maximum absolute atomic E-state index is 12.5. The fourth-order valence-electron chi connectivity index (χ4n) is 2.16. The fourth-order valence-corrected chi connectivity index (χ4v) is 5.69. The van der Waals surface area contributed by atoms with Crippen molar-refractivity contribution in [1.82, 2.24) is 9.21 Å². The molecule has 0 atom stereocenters. The molecule has 0 radical (unpaired) electrons. The Morgan fingerprint density at radius 3 is 2.45 bits per heavy atom. The predicted octanol–water partition coefficient (Wildman–Crippen LogP) is 1.92. The van der Waals surface area contributed by atoms with E-state index in [2.05, 4.69) is 0 Å². The Morgan fingerprint density at radius 2 is 1.95 bits per heavy atom. The lowest BCUT2D eigenvalue weighted by Gasteiger charge is -2.33. The van der Waals surface area contributed by atoms with Crippen LogP contribution >= 0.6 is 34.5 Å². The molecule has 1 aliphatic heterocycles. The third-order valence-electron chi connectivity index (χ3n) is 3.23. The smallest absolute Gasteiger partial charge is 0.320 e. The van der Waals surface area contributed by atoms with E-state index < -0.39 is 10.0 Å². The van der Waals surface area contributed by atoms with Gasteiger partial charge in [-0.2, -0.15) is 4.31 Å². The molecule has 2 heterocycles. The normalized spacial score (nSPS) is 17.6. The van der Waals surface area contributed by atoms with Gasteiger partial charge in [0.2, 0.25) is 10.0 Å². The number of sulfonamides is 1. The van der Waals surface area contributed by atoms with E-state index in [1.165, 1.54) is 10.4 Å². The summed E-state index contributed by atoms with van der Waals surface area (Å²) < 4.78 is 31.8. The van der Waals surface area contributed by atoms with Crippen LogP contribution in [0.25, 0.3) is 0 Å². The van der Waals surface area contributed by atoms with Gasteiger partial charge in [-0.25, -0.2) is 8.42 Å². The van der Waals surface area contributed by atoms with E-state index in [1.807, 2.05) is 4.90 Å². The van der Waals surface area contributed by atoms with Crippen LogP contribution in [0.1, 0.15) is 6.92 Å². The minimum absolute atomic E-state index is 0.0445. The average Bonchev–Trinajstić information content (AvgIpc) is 2.79. The lowest BCUT2D eigenvalue weighted by Crippen LogP contribution is -2.49. The zero-order valence-electron chi connectivity index (χ0n) is 11.9. The summed E-state index contributed by atoms with van der Waals surface area (Å²) in [6, 6.07) is 1.37. The Kier molecular flexibility index (Phi) is 6.09. The van der Waals surface area contributed by atoms with E-state index >= 15 is 0 Å². The van der Waals surface area contributed by atoms with Crippen LogP contribution in [0.3, 0.4) is 0 Å². The highest BCUT2D eigenvalue weighted by Crippen LogP contribution is 2.35. The predicted molar refractivity (Wildman–Crippen MR) is 86.2 cm³/mol. The Labute approximate surface area is 143 Å². The molecule has 0 amide bonds. The molecule has 1 aromatic rings. The van der Waals surface area contributed by atoms with Crippen molar-refractivity contribution < 1.29 is 17.9 Å². The molecule has 0 aliphatic carbocycles.